The lowest BCUT2D eigenvalue weighted by molar-refractivity contribution is 0.284. The molecule has 1 aliphatic rings. The van der Waals surface area contributed by atoms with Crippen LogP contribution in [0.15, 0.2) is 47.4 Å². The highest BCUT2D eigenvalue weighted by Gasteiger charge is 2.24. The molecule has 0 aliphatic heterocycles. The molecule has 1 fully saturated rings. The number of nitriles is 1. The van der Waals surface area contributed by atoms with Gasteiger partial charge in [-0.05, 0) is 67.9 Å². The molecule has 0 saturated heterocycles. The Kier molecular flexibility index (Phi) is 7.75. The van der Waals surface area contributed by atoms with E-state index in [1.807, 2.05) is 49.3 Å². The summed E-state index contributed by atoms with van der Waals surface area (Å²) in [5.74, 6) is 2.27. The molecule has 2 aromatic carbocycles. The first-order valence-corrected chi connectivity index (χ1v) is 13.5. The summed E-state index contributed by atoms with van der Waals surface area (Å²) in [6.07, 6.45) is 3.89. The van der Waals surface area contributed by atoms with E-state index in [-0.39, 0.29) is 15.8 Å². The summed E-state index contributed by atoms with van der Waals surface area (Å²) in [6.45, 7) is 1.16. The third kappa shape index (κ3) is 6.01. The van der Waals surface area contributed by atoms with E-state index in [4.69, 9.17) is 21.8 Å². The lowest BCUT2D eigenvalue weighted by Gasteiger charge is -2.29. The largest absolute Gasteiger partial charge is 0.362 e. The number of fused-ring (bicyclic) bond motifs is 1. The number of nitrogens with one attached hydrogen (secondary N) is 2. The predicted molar refractivity (Wildman–Crippen MR) is 139 cm³/mol. The molecule has 35 heavy (non-hydrogen) atoms. The van der Waals surface area contributed by atoms with E-state index in [0.29, 0.717) is 24.0 Å². The second-order valence-corrected chi connectivity index (χ2v) is 11.3. The minimum atomic E-state index is -3.73. The van der Waals surface area contributed by atoms with E-state index in [2.05, 4.69) is 15.0 Å². The Bertz CT molecular complexity index is 1350. The Morgan fingerprint density at radius 1 is 1.06 bits per heavy atom. The summed E-state index contributed by atoms with van der Waals surface area (Å²) in [6, 6.07) is 14.1. The van der Waals surface area contributed by atoms with Crippen molar-refractivity contribution in [3.05, 3.63) is 53.1 Å². The van der Waals surface area contributed by atoms with Crippen molar-refractivity contribution in [2.24, 2.45) is 11.8 Å². The summed E-state index contributed by atoms with van der Waals surface area (Å²) < 4.78 is 28.1. The molecule has 0 radical (unpaired) electrons. The number of nitrogens with zero attached hydrogens (tertiary/aromatic N) is 4. The molecule has 0 unspecified atom stereocenters. The van der Waals surface area contributed by atoms with Gasteiger partial charge in [0.2, 0.25) is 16.0 Å². The van der Waals surface area contributed by atoms with Gasteiger partial charge in [0, 0.05) is 32.6 Å². The van der Waals surface area contributed by atoms with Crippen LogP contribution in [-0.4, -0.2) is 45.6 Å². The Morgan fingerprint density at radius 2 is 1.74 bits per heavy atom. The highest BCUT2D eigenvalue weighted by atomic mass is 35.5. The van der Waals surface area contributed by atoms with Crippen LogP contribution in [-0.2, 0) is 10.0 Å². The maximum Gasteiger partial charge on any atom is 0.242 e. The minimum Gasteiger partial charge on any atom is -0.362 e. The van der Waals surface area contributed by atoms with Gasteiger partial charge >= 0.3 is 0 Å². The number of sulfonamides is 1. The molecule has 8 nitrogen and oxygen atoms in total. The van der Waals surface area contributed by atoms with E-state index in [0.717, 1.165) is 48.9 Å². The average molecular weight is 513 g/mol. The third-order valence-corrected chi connectivity index (χ3v) is 8.34. The van der Waals surface area contributed by atoms with Gasteiger partial charge in [-0.25, -0.2) is 18.1 Å². The van der Waals surface area contributed by atoms with Crippen molar-refractivity contribution in [2.45, 2.75) is 30.6 Å². The van der Waals surface area contributed by atoms with Gasteiger partial charge in [-0.2, -0.15) is 10.2 Å². The van der Waals surface area contributed by atoms with Crippen molar-refractivity contribution in [3.63, 3.8) is 0 Å². The van der Waals surface area contributed by atoms with Gasteiger partial charge < -0.3 is 10.2 Å². The van der Waals surface area contributed by atoms with Crippen molar-refractivity contribution in [1.29, 1.82) is 5.26 Å². The minimum absolute atomic E-state index is 0.00327. The van der Waals surface area contributed by atoms with Crippen molar-refractivity contribution in [2.75, 3.05) is 37.4 Å². The zero-order chi connectivity index (χ0) is 25.0. The topological polar surface area (TPSA) is 111 Å². The van der Waals surface area contributed by atoms with Crippen LogP contribution >= 0.6 is 11.6 Å². The van der Waals surface area contributed by atoms with Gasteiger partial charge in [0.25, 0.3) is 0 Å². The lowest BCUT2D eigenvalue weighted by Crippen LogP contribution is -2.32. The van der Waals surface area contributed by atoms with Gasteiger partial charge in [0.1, 0.15) is 10.7 Å². The molecule has 0 bridgehead atoms. The van der Waals surface area contributed by atoms with Gasteiger partial charge in [-0.15, -0.1) is 0 Å². The molecule has 1 aliphatic carbocycles. The maximum atomic E-state index is 12.7. The van der Waals surface area contributed by atoms with Crippen molar-refractivity contribution in [1.82, 2.24) is 14.7 Å². The molecule has 4 rings (SSSR count). The quantitative estimate of drug-likeness (QED) is 0.459. The number of hydrogen-bond acceptors (Lipinski definition) is 7. The average Bonchev–Trinajstić information content (AvgIpc) is 2.86. The molecule has 1 heterocycles. The molecule has 2 N–H and O–H groups in total. The fourth-order valence-electron chi connectivity index (χ4n) is 4.45. The zero-order valence-electron chi connectivity index (χ0n) is 19.8. The summed E-state index contributed by atoms with van der Waals surface area (Å²) in [5.41, 5.74) is 1.24. The number of halogens is 1. The van der Waals surface area contributed by atoms with Gasteiger partial charge in [-0.3, -0.25) is 0 Å². The summed E-state index contributed by atoms with van der Waals surface area (Å²) in [7, 11) is 0.223. The molecule has 0 amide bonds. The van der Waals surface area contributed by atoms with E-state index in [1.165, 1.54) is 18.2 Å². The van der Waals surface area contributed by atoms with Gasteiger partial charge in [-0.1, -0.05) is 23.7 Å². The third-order valence-electron chi connectivity index (χ3n) is 6.43. The molecular formula is C25H29ClN6O2S. The Morgan fingerprint density at radius 3 is 2.40 bits per heavy atom. The van der Waals surface area contributed by atoms with Crippen molar-refractivity contribution >= 4 is 44.3 Å². The van der Waals surface area contributed by atoms with Crippen LogP contribution in [0.3, 0.4) is 0 Å². The first kappa shape index (κ1) is 25.2. The second kappa shape index (κ2) is 10.8. The van der Waals surface area contributed by atoms with E-state index >= 15 is 0 Å². The fourth-order valence-corrected chi connectivity index (χ4v) is 6.11. The second-order valence-electron chi connectivity index (χ2n) is 9.16. The Balaban J connectivity index is 1.29. The molecule has 184 valence electrons. The van der Waals surface area contributed by atoms with E-state index in [1.54, 1.807) is 0 Å². The maximum absolute atomic E-state index is 12.7. The molecule has 3 aromatic rings. The highest BCUT2D eigenvalue weighted by molar-refractivity contribution is 7.89. The van der Waals surface area contributed by atoms with Crippen LogP contribution in [0.5, 0.6) is 0 Å². The SMILES string of the molecule is CN(C)c1nc(NC[C@H]2CC[C@H](CNS(=O)(=O)c3ccc(C#N)cc3Cl)CC2)nc2ccccc12. The smallest absolute Gasteiger partial charge is 0.242 e. The van der Waals surface area contributed by atoms with Gasteiger partial charge in [0.05, 0.1) is 22.2 Å². The van der Waals surface area contributed by atoms with Crippen LogP contribution in [0.2, 0.25) is 5.02 Å². The Labute approximate surface area is 211 Å². The summed E-state index contributed by atoms with van der Waals surface area (Å²) >= 11 is 6.09. The highest BCUT2D eigenvalue weighted by Crippen LogP contribution is 2.30. The molecular weight excluding hydrogens is 484 g/mol. The molecule has 10 heteroatoms. The number of para-hydroxylation sites is 1. The number of hydrogen-bond donors (Lipinski definition) is 2. The van der Waals surface area contributed by atoms with Crippen molar-refractivity contribution < 1.29 is 8.42 Å². The van der Waals surface area contributed by atoms with Crippen molar-refractivity contribution in [3.8, 4) is 6.07 Å². The first-order chi connectivity index (χ1) is 16.8. The zero-order valence-corrected chi connectivity index (χ0v) is 21.4. The summed E-state index contributed by atoms with van der Waals surface area (Å²) in [5, 5.41) is 13.4. The van der Waals surface area contributed by atoms with Crippen LogP contribution < -0.4 is 14.9 Å². The fraction of sp³-hybridized carbons (Fsp3) is 0.400. The molecule has 0 spiro atoms. The lowest BCUT2D eigenvalue weighted by atomic mass is 9.82. The number of anilines is 2. The van der Waals surface area contributed by atoms with Crippen LogP contribution in [0, 0.1) is 23.2 Å². The summed E-state index contributed by atoms with van der Waals surface area (Å²) in [4.78, 5) is 11.4. The van der Waals surface area contributed by atoms with Crippen LogP contribution in [0.25, 0.3) is 10.9 Å². The molecule has 1 saturated carbocycles. The van der Waals surface area contributed by atoms with Crippen LogP contribution in [0.4, 0.5) is 11.8 Å². The molecule has 0 atom stereocenters. The van der Waals surface area contributed by atoms with Gasteiger partial charge in [0.15, 0.2) is 0 Å². The monoisotopic (exact) mass is 512 g/mol. The molecule has 1 aromatic heterocycles. The predicted octanol–water partition coefficient (Wildman–Crippen LogP) is 4.42. The van der Waals surface area contributed by atoms with E-state index < -0.39 is 10.0 Å². The van der Waals surface area contributed by atoms with Crippen LogP contribution in [0.1, 0.15) is 31.2 Å². The number of benzene rings is 2. The van der Waals surface area contributed by atoms with E-state index in [9.17, 15) is 8.42 Å². The number of aromatic nitrogens is 2. The first-order valence-electron chi connectivity index (χ1n) is 11.6. The standard InChI is InChI=1S/C25H29ClN6O2S/c1-32(2)24-20-5-3-4-6-22(20)30-25(31-24)28-15-17-7-9-18(10-8-17)16-29-35(33,34)23-12-11-19(14-27)13-21(23)26/h3-6,11-13,17-18,29H,7-10,15-16H2,1-2H3,(H,28,30,31)/t17-,18-. The normalized spacial score (nSPS) is 18.2. The number of rotatable bonds is 8. The Hall–Kier alpha value is -2.93.